The lowest BCUT2D eigenvalue weighted by Crippen LogP contribution is -2.48. The molecule has 16 heavy (non-hydrogen) atoms. The first kappa shape index (κ1) is 9.81. The van der Waals surface area contributed by atoms with Gasteiger partial charge in [-0.15, -0.1) is 0 Å². The Balaban J connectivity index is 2.10. The SMILES string of the molecule is COC1(c2ccc3oc(C)nc3c2)COC1. The molecule has 3 rings (SSSR count). The van der Waals surface area contributed by atoms with Crippen molar-refractivity contribution in [1.29, 1.82) is 0 Å². The van der Waals surface area contributed by atoms with Crippen LogP contribution in [0, 0.1) is 6.92 Å². The van der Waals surface area contributed by atoms with Crippen molar-refractivity contribution < 1.29 is 13.9 Å². The van der Waals surface area contributed by atoms with E-state index < -0.39 is 0 Å². The molecule has 0 aliphatic carbocycles. The van der Waals surface area contributed by atoms with Crippen molar-refractivity contribution in [3.63, 3.8) is 0 Å². The first-order valence-electron chi connectivity index (χ1n) is 5.24. The second-order valence-corrected chi connectivity index (χ2v) is 4.11. The molecule has 0 saturated carbocycles. The van der Waals surface area contributed by atoms with Gasteiger partial charge in [-0.3, -0.25) is 0 Å². The van der Waals surface area contributed by atoms with Crippen molar-refractivity contribution in [1.82, 2.24) is 4.98 Å². The fourth-order valence-corrected chi connectivity index (χ4v) is 2.02. The molecular weight excluding hydrogens is 206 g/mol. The van der Waals surface area contributed by atoms with Crippen LogP contribution in [0.15, 0.2) is 22.6 Å². The number of rotatable bonds is 2. The summed E-state index contributed by atoms with van der Waals surface area (Å²) in [5.41, 5.74) is 2.49. The third-order valence-electron chi connectivity index (χ3n) is 3.08. The highest BCUT2D eigenvalue weighted by Crippen LogP contribution is 2.34. The maximum atomic E-state index is 5.53. The van der Waals surface area contributed by atoms with Crippen LogP contribution >= 0.6 is 0 Å². The van der Waals surface area contributed by atoms with Crippen molar-refractivity contribution in [2.45, 2.75) is 12.5 Å². The smallest absolute Gasteiger partial charge is 0.192 e. The number of oxazole rings is 1. The highest BCUT2D eigenvalue weighted by Gasteiger charge is 2.40. The molecule has 0 atom stereocenters. The van der Waals surface area contributed by atoms with Crippen LogP contribution in [0.4, 0.5) is 0 Å². The lowest BCUT2D eigenvalue weighted by molar-refractivity contribution is -0.202. The largest absolute Gasteiger partial charge is 0.441 e. The molecule has 0 unspecified atom stereocenters. The molecule has 1 aromatic carbocycles. The first-order chi connectivity index (χ1) is 7.73. The fraction of sp³-hybridized carbons (Fsp3) is 0.417. The zero-order chi connectivity index (χ0) is 11.2. The quantitative estimate of drug-likeness (QED) is 0.775. The first-order valence-corrected chi connectivity index (χ1v) is 5.24. The Kier molecular flexibility index (Phi) is 2.02. The Bertz CT molecular complexity index is 523. The van der Waals surface area contributed by atoms with Crippen LogP contribution < -0.4 is 0 Å². The van der Waals surface area contributed by atoms with Gasteiger partial charge < -0.3 is 13.9 Å². The normalized spacial score (nSPS) is 18.6. The van der Waals surface area contributed by atoms with Crippen LogP contribution in [-0.2, 0) is 15.1 Å². The number of hydrogen-bond acceptors (Lipinski definition) is 4. The molecule has 0 spiro atoms. The molecule has 0 bridgehead atoms. The number of hydrogen-bond donors (Lipinski definition) is 0. The van der Waals surface area contributed by atoms with E-state index in [4.69, 9.17) is 13.9 Å². The van der Waals surface area contributed by atoms with Gasteiger partial charge in [-0.25, -0.2) is 4.98 Å². The van der Waals surface area contributed by atoms with Gasteiger partial charge >= 0.3 is 0 Å². The Morgan fingerprint density at radius 2 is 2.19 bits per heavy atom. The molecular formula is C12H13NO3. The third-order valence-corrected chi connectivity index (χ3v) is 3.08. The monoisotopic (exact) mass is 219 g/mol. The van der Waals surface area contributed by atoms with Crippen LogP contribution in [-0.4, -0.2) is 25.3 Å². The van der Waals surface area contributed by atoms with Gasteiger partial charge in [0.05, 0.1) is 13.2 Å². The molecule has 1 aliphatic rings. The van der Waals surface area contributed by atoms with E-state index in [1.165, 1.54) is 0 Å². The van der Waals surface area contributed by atoms with Gasteiger partial charge in [0.2, 0.25) is 0 Å². The van der Waals surface area contributed by atoms with Gasteiger partial charge in [0.15, 0.2) is 11.5 Å². The average molecular weight is 219 g/mol. The van der Waals surface area contributed by atoms with Crippen LogP contribution in [0.5, 0.6) is 0 Å². The minimum atomic E-state index is -0.291. The number of aromatic nitrogens is 1. The van der Waals surface area contributed by atoms with Crippen molar-refractivity contribution in [2.75, 3.05) is 20.3 Å². The van der Waals surface area contributed by atoms with E-state index in [2.05, 4.69) is 4.98 Å². The predicted molar refractivity (Wildman–Crippen MR) is 58.3 cm³/mol. The second-order valence-electron chi connectivity index (χ2n) is 4.11. The highest BCUT2D eigenvalue weighted by atomic mass is 16.6. The summed E-state index contributed by atoms with van der Waals surface area (Å²) in [5.74, 6) is 0.684. The van der Waals surface area contributed by atoms with E-state index >= 15 is 0 Å². The summed E-state index contributed by atoms with van der Waals surface area (Å²) < 4.78 is 16.2. The Morgan fingerprint density at radius 3 is 2.81 bits per heavy atom. The summed E-state index contributed by atoms with van der Waals surface area (Å²) in [4.78, 5) is 4.32. The number of fused-ring (bicyclic) bond motifs is 1. The summed E-state index contributed by atoms with van der Waals surface area (Å²) >= 11 is 0. The molecule has 4 heteroatoms. The Labute approximate surface area is 93.2 Å². The summed E-state index contributed by atoms with van der Waals surface area (Å²) in [5, 5.41) is 0. The van der Waals surface area contributed by atoms with Crippen LogP contribution in [0.1, 0.15) is 11.5 Å². The molecule has 0 amide bonds. The van der Waals surface area contributed by atoms with Crippen molar-refractivity contribution in [2.24, 2.45) is 0 Å². The standard InChI is InChI=1S/C12H13NO3/c1-8-13-10-5-9(3-4-11(10)16-8)12(14-2)6-15-7-12/h3-5H,6-7H2,1-2H3. The van der Waals surface area contributed by atoms with Gasteiger partial charge in [-0.05, 0) is 17.7 Å². The average Bonchev–Trinajstić information content (AvgIpc) is 2.56. The molecule has 2 heterocycles. The van der Waals surface area contributed by atoms with E-state index in [1.54, 1.807) is 7.11 Å². The molecule has 4 nitrogen and oxygen atoms in total. The number of ether oxygens (including phenoxy) is 2. The molecule has 1 saturated heterocycles. The lowest BCUT2D eigenvalue weighted by atomic mass is 9.91. The van der Waals surface area contributed by atoms with Crippen LogP contribution in [0.3, 0.4) is 0 Å². The zero-order valence-corrected chi connectivity index (χ0v) is 9.32. The van der Waals surface area contributed by atoms with Crippen molar-refractivity contribution in [3.05, 3.63) is 29.7 Å². The predicted octanol–water partition coefficient (Wildman–Crippen LogP) is 2.01. The molecule has 0 N–H and O–H groups in total. The number of nitrogens with zero attached hydrogens (tertiary/aromatic N) is 1. The maximum Gasteiger partial charge on any atom is 0.192 e. The zero-order valence-electron chi connectivity index (χ0n) is 9.32. The Hall–Kier alpha value is -1.39. The fourth-order valence-electron chi connectivity index (χ4n) is 2.02. The second kappa shape index (κ2) is 3.30. The van der Waals surface area contributed by atoms with E-state index in [-0.39, 0.29) is 5.60 Å². The summed E-state index contributed by atoms with van der Waals surface area (Å²) in [6.45, 7) is 3.05. The molecule has 1 aromatic heterocycles. The van der Waals surface area contributed by atoms with Gasteiger partial charge in [-0.2, -0.15) is 0 Å². The number of benzene rings is 1. The summed E-state index contributed by atoms with van der Waals surface area (Å²) in [6, 6.07) is 5.96. The molecule has 1 fully saturated rings. The lowest BCUT2D eigenvalue weighted by Gasteiger charge is -2.40. The summed E-state index contributed by atoms with van der Waals surface area (Å²) in [7, 11) is 1.71. The van der Waals surface area contributed by atoms with Gasteiger partial charge in [0.1, 0.15) is 11.1 Å². The topological polar surface area (TPSA) is 44.5 Å². The van der Waals surface area contributed by atoms with Gasteiger partial charge in [0.25, 0.3) is 0 Å². The van der Waals surface area contributed by atoms with Crippen molar-refractivity contribution in [3.8, 4) is 0 Å². The third kappa shape index (κ3) is 1.27. The molecule has 2 aromatic rings. The maximum absolute atomic E-state index is 5.53. The Morgan fingerprint density at radius 1 is 1.38 bits per heavy atom. The molecule has 84 valence electrons. The van der Waals surface area contributed by atoms with E-state index in [9.17, 15) is 0 Å². The van der Waals surface area contributed by atoms with Crippen LogP contribution in [0.25, 0.3) is 11.1 Å². The van der Waals surface area contributed by atoms with E-state index in [0.717, 1.165) is 16.7 Å². The minimum absolute atomic E-state index is 0.291. The van der Waals surface area contributed by atoms with Crippen LogP contribution in [0.2, 0.25) is 0 Å². The van der Waals surface area contributed by atoms with E-state index in [1.807, 2.05) is 25.1 Å². The van der Waals surface area contributed by atoms with E-state index in [0.29, 0.717) is 19.1 Å². The van der Waals surface area contributed by atoms with Gasteiger partial charge in [-0.1, -0.05) is 6.07 Å². The molecule has 1 aliphatic heterocycles. The number of aryl methyl sites for hydroxylation is 1. The summed E-state index contributed by atoms with van der Waals surface area (Å²) in [6.07, 6.45) is 0. The highest BCUT2D eigenvalue weighted by molar-refractivity contribution is 5.73. The van der Waals surface area contributed by atoms with Crippen molar-refractivity contribution >= 4 is 11.1 Å². The molecule has 0 radical (unpaired) electrons. The number of methoxy groups -OCH3 is 1. The van der Waals surface area contributed by atoms with Gasteiger partial charge in [0, 0.05) is 14.0 Å². The minimum Gasteiger partial charge on any atom is -0.441 e.